The summed E-state index contributed by atoms with van der Waals surface area (Å²) in [5, 5.41) is 3.39. The topological polar surface area (TPSA) is 30.5 Å². The molecule has 0 unspecified atom stereocenters. The molecule has 18 heavy (non-hydrogen) atoms. The van der Waals surface area contributed by atoms with E-state index in [2.05, 4.69) is 23.5 Å². The molecule has 0 saturated heterocycles. The summed E-state index contributed by atoms with van der Waals surface area (Å²) in [5.41, 5.74) is 1.13. The van der Waals surface area contributed by atoms with Crippen molar-refractivity contribution in [2.24, 2.45) is 0 Å². The molecular weight excluding hydrogens is 226 g/mol. The molecule has 1 N–H and O–H groups in total. The standard InChI is InChI=1S/C15H23NO2/c1-4-6-7-11-16-12-13-9-8-10-14(18-5-2)15(13)17-3/h4,6,8-10,16H,5,7,11-12H2,1-3H3/b6-4+. The van der Waals surface area contributed by atoms with Crippen LogP contribution in [-0.4, -0.2) is 20.3 Å². The Morgan fingerprint density at radius 1 is 1.33 bits per heavy atom. The third kappa shape index (κ3) is 4.41. The van der Waals surface area contributed by atoms with Crippen molar-refractivity contribution in [3.05, 3.63) is 35.9 Å². The highest BCUT2D eigenvalue weighted by Crippen LogP contribution is 2.30. The van der Waals surface area contributed by atoms with Gasteiger partial charge in [0.2, 0.25) is 0 Å². The number of ether oxygens (including phenoxy) is 2. The van der Waals surface area contributed by atoms with Gasteiger partial charge in [0.05, 0.1) is 13.7 Å². The molecule has 0 amide bonds. The minimum absolute atomic E-state index is 0.647. The molecule has 0 bridgehead atoms. The van der Waals surface area contributed by atoms with Gasteiger partial charge in [0.15, 0.2) is 11.5 Å². The molecule has 0 fully saturated rings. The van der Waals surface area contributed by atoms with Crippen LogP contribution in [-0.2, 0) is 6.54 Å². The first-order chi connectivity index (χ1) is 8.83. The molecule has 1 aromatic carbocycles. The number of allylic oxidation sites excluding steroid dienone is 1. The first-order valence-electron chi connectivity index (χ1n) is 6.44. The molecule has 100 valence electrons. The number of para-hydroxylation sites is 1. The van der Waals surface area contributed by atoms with E-state index in [4.69, 9.17) is 9.47 Å². The Bertz CT molecular complexity index is 375. The maximum Gasteiger partial charge on any atom is 0.165 e. The minimum atomic E-state index is 0.647. The van der Waals surface area contributed by atoms with Crippen molar-refractivity contribution < 1.29 is 9.47 Å². The van der Waals surface area contributed by atoms with Gasteiger partial charge in [-0.1, -0.05) is 24.3 Å². The van der Waals surface area contributed by atoms with Crippen LogP contribution in [0.3, 0.4) is 0 Å². The summed E-state index contributed by atoms with van der Waals surface area (Å²) in [6.07, 6.45) is 5.27. The zero-order valence-electron chi connectivity index (χ0n) is 11.5. The molecule has 0 atom stereocenters. The SMILES string of the molecule is C/C=C/CCNCc1cccc(OCC)c1OC. The number of hydrogen-bond acceptors (Lipinski definition) is 3. The molecule has 0 heterocycles. The first-order valence-corrected chi connectivity index (χ1v) is 6.44. The van der Waals surface area contributed by atoms with Gasteiger partial charge in [-0.05, 0) is 32.9 Å². The Labute approximate surface area is 110 Å². The van der Waals surface area contributed by atoms with Crippen LogP contribution in [0.1, 0.15) is 25.8 Å². The van der Waals surface area contributed by atoms with Gasteiger partial charge in [-0.25, -0.2) is 0 Å². The van der Waals surface area contributed by atoms with Gasteiger partial charge >= 0.3 is 0 Å². The van der Waals surface area contributed by atoms with Crippen LogP contribution in [0.5, 0.6) is 11.5 Å². The second-order valence-electron chi connectivity index (χ2n) is 3.92. The minimum Gasteiger partial charge on any atom is -0.493 e. The predicted molar refractivity (Wildman–Crippen MR) is 75.3 cm³/mol. The number of benzene rings is 1. The number of hydrogen-bond donors (Lipinski definition) is 1. The van der Waals surface area contributed by atoms with E-state index in [1.807, 2.05) is 26.0 Å². The third-order valence-corrected chi connectivity index (χ3v) is 2.60. The van der Waals surface area contributed by atoms with Crippen LogP contribution in [0, 0.1) is 0 Å². The Morgan fingerprint density at radius 2 is 2.17 bits per heavy atom. The molecule has 1 aromatic rings. The fraction of sp³-hybridized carbons (Fsp3) is 0.467. The van der Waals surface area contributed by atoms with Crippen molar-refractivity contribution in [3.8, 4) is 11.5 Å². The molecule has 0 aliphatic carbocycles. The van der Waals surface area contributed by atoms with Crippen molar-refractivity contribution in [2.45, 2.75) is 26.8 Å². The smallest absolute Gasteiger partial charge is 0.165 e. The number of rotatable bonds is 8. The summed E-state index contributed by atoms with van der Waals surface area (Å²) in [6.45, 7) is 6.42. The zero-order valence-corrected chi connectivity index (χ0v) is 11.5. The third-order valence-electron chi connectivity index (χ3n) is 2.60. The lowest BCUT2D eigenvalue weighted by Gasteiger charge is -2.13. The highest BCUT2D eigenvalue weighted by molar-refractivity contribution is 5.46. The van der Waals surface area contributed by atoms with Crippen LogP contribution in [0.15, 0.2) is 30.4 Å². The number of methoxy groups -OCH3 is 1. The van der Waals surface area contributed by atoms with E-state index in [1.165, 1.54) is 0 Å². The zero-order chi connectivity index (χ0) is 13.2. The van der Waals surface area contributed by atoms with Crippen molar-refractivity contribution in [1.82, 2.24) is 5.32 Å². The fourth-order valence-electron chi connectivity index (χ4n) is 1.78. The first kappa shape index (κ1) is 14.6. The normalized spacial score (nSPS) is 10.8. The second kappa shape index (κ2) is 8.59. The van der Waals surface area contributed by atoms with Crippen LogP contribution in [0.2, 0.25) is 0 Å². The van der Waals surface area contributed by atoms with Crippen molar-refractivity contribution >= 4 is 0 Å². The quantitative estimate of drug-likeness (QED) is 0.567. The van der Waals surface area contributed by atoms with Gasteiger partial charge in [0.1, 0.15) is 0 Å². The monoisotopic (exact) mass is 249 g/mol. The molecule has 0 aliphatic heterocycles. The van der Waals surface area contributed by atoms with E-state index in [-0.39, 0.29) is 0 Å². The summed E-state index contributed by atoms with van der Waals surface area (Å²) in [4.78, 5) is 0. The molecule has 3 nitrogen and oxygen atoms in total. The van der Waals surface area contributed by atoms with Crippen molar-refractivity contribution in [2.75, 3.05) is 20.3 Å². The van der Waals surface area contributed by atoms with E-state index in [0.29, 0.717) is 6.61 Å². The van der Waals surface area contributed by atoms with Gasteiger partial charge in [-0.3, -0.25) is 0 Å². The van der Waals surface area contributed by atoms with Crippen molar-refractivity contribution in [1.29, 1.82) is 0 Å². The molecule has 0 aromatic heterocycles. The van der Waals surface area contributed by atoms with Gasteiger partial charge < -0.3 is 14.8 Å². The Hall–Kier alpha value is -1.48. The van der Waals surface area contributed by atoms with Crippen LogP contribution < -0.4 is 14.8 Å². The molecule has 0 aliphatic rings. The van der Waals surface area contributed by atoms with Crippen LogP contribution in [0.4, 0.5) is 0 Å². The highest BCUT2D eigenvalue weighted by Gasteiger charge is 2.08. The van der Waals surface area contributed by atoms with E-state index < -0.39 is 0 Å². The molecule has 0 spiro atoms. The molecule has 3 heteroatoms. The van der Waals surface area contributed by atoms with Gasteiger partial charge in [-0.2, -0.15) is 0 Å². The van der Waals surface area contributed by atoms with E-state index in [9.17, 15) is 0 Å². The van der Waals surface area contributed by atoms with Crippen molar-refractivity contribution in [3.63, 3.8) is 0 Å². The van der Waals surface area contributed by atoms with Gasteiger partial charge in [0, 0.05) is 12.1 Å². The average molecular weight is 249 g/mol. The average Bonchev–Trinajstić information content (AvgIpc) is 2.39. The summed E-state index contributed by atoms with van der Waals surface area (Å²) < 4.78 is 11.0. The van der Waals surface area contributed by atoms with Crippen LogP contribution in [0.25, 0.3) is 0 Å². The van der Waals surface area contributed by atoms with E-state index >= 15 is 0 Å². The highest BCUT2D eigenvalue weighted by atomic mass is 16.5. The van der Waals surface area contributed by atoms with Gasteiger partial charge in [-0.15, -0.1) is 0 Å². The van der Waals surface area contributed by atoms with E-state index in [1.54, 1.807) is 7.11 Å². The summed E-state index contributed by atoms with van der Waals surface area (Å²) in [5.74, 6) is 1.64. The van der Waals surface area contributed by atoms with Gasteiger partial charge in [0.25, 0.3) is 0 Å². The lowest BCUT2D eigenvalue weighted by Crippen LogP contribution is -2.15. The molecule has 0 saturated carbocycles. The Morgan fingerprint density at radius 3 is 2.83 bits per heavy atom. The second-order valence-corrected chi connectivity index (χ2v) is 3.92. The summed E-state index contributed by atoms with van der Waals surface area (Å²) >= 11 is 0. The maximum atomic E-state index is 5.55. The fourth-order valence-corrected chi connectivity index (χ4v) is 1.78. The number of nitrogens with one attached hydrogen (secondary N) is 1. The molecular formula is C15H23NO2. The summed E-state index contributed by atoms with van der Waals surface area (Å²) in [7, 11) is 1.68. The lowest BCUT2D eigenvalue weighted by atomic mass is 10.2. The largest absolute Gasteiger partial charge is 0.493 e. The Kier molecular flexibility index (Phi) is 6.96. The maximum absolute atomic E-state index is 5.55. The lowest BCUT2D eigenvalue weighted by molar-refractivity contribution is 0.308. The summed E-state index contributed by atoms with van der Waals surface area (Å²) in [6, 6.07) is 5.99. The predicted octanol–water partition coefficient (Wildman–Crippen LogP) is 3.15. The molecule has 0 radical (unpaired) electrons. The molecule has 1 rings (SSSR count). The van der Waals surface area contributed by atoms with E-state index in [0.717, 1.165) is 36.6 Å². The van der Waals surface area contributed by atoms with Crippen LogP contribution >= 0.6 is 0 Å². The Balaban J connectivity index is 2.61.